The standard InChI is InChI=1S/C14H20O/c1-10(2)11(3)15-14-8-12-6-4-5-7-13(12)9-14/h4-7,10-11,14H,8-9H2,1-3H3. The summed E-state index contributed by atoms with van der Waals surface area (Å²) in [7, 11) is 0. The molecule has 1 aromatic carbocycles. The Kier molecular flexibility index (Phi) is 3.11. The summed E-state index contributed by atoms with van der Waals surface area (Å²) < 4.78 is 6.06. The molecule has 0 saturated carbocycles. The predicted octanol–water partition coefficient (Wildman–Crippen LogP) is 3.21. The summed E-state index contributed by atoms with van der Waals surface area (Å²) >= 11 is 0. The van der Waals surface area contributed by atoms with Gasteiger partial charge in [0.2, 0.25) is 0 Å². The Morgan fingerprint density at radius 1 is 1.07 bits per heavy atom. The molecule has 0 N–H and O–H groups in total. The molecule has 82 valence electrons. The molecule has 0 fully saturated rings. The summed E-state index contributed by atoms with van der Waals surface area (Å²) in [4.78, 5) is 0. The Labute approximate surface area is 92.5 Å². The highest BCUT2D eigenvalue weighted by Crippen LogP contribution is 2.25. The van der Waals surface area contributed by atoms with Crippen molar-refractivity contribution in [3.8, 4) is 0 Å². The molecule has 1 aliphatic rings. The highest BCUT2D eigenvalue weighted by atomic mass is 16.5. The zero-order chi connectivity index (χ0) is 10.8. The van der Waals surface area contributed by atoms with Crippen molar-refractivity contribution >= 4 is 0 Å². The van der Waals surface area contributed by atoms with Gasteiger partial charge in [0.15, 0.2) is 0 Å². The fraction of sp³-hybridized carbons (Fsp3) is 0.571. The largest absolute Gasteiger partial charge is 0.374 e. The molecule has 0 radical (unpaired) electrons. The number of benzene rings is 1. The van der Waals surface area contributed by atoms with Gasteiger partial charge in [0.25, 0.3) is 0 Å². The van der Waals surface area contributed by atoms with E-state index in [1.165, 1.54) is 11.1 Å². The first-order chi connectivity index (χ1) is 7.16. The average Bonchev–Trinajstić information content (AvgIpc) is 2.59. The minimum absolute atomic E-state index is 0.365. The van der Waals surface area contributed by atoms with Crippen LogP contribution in [0.15, 0.2) is 24.3 Å². The zero-order valence-electron chi connectivity index (χ0n) is 9.86. The van der Waals surface area contributed by atoms with Gasteiger partial charge in [-0.3, -0.25) is 0 Å². The molecule has 1 heteroatoms. The molecule has 0 aromatic heterocycles. The molecule has 0 heterocycles. The van der Waals surface area contributed by atoms with Crippen molar-refractivity contribution in [2.75, 3.05) is 0 Å². The maximum absolute atomic E-state index is 6.06. The van der Waals surface area contributed by atoms with Crippen LogP contribution in [0.25, 0.3) is 0 Å². The lowest BCUT2D eigenvalue weighted by Gasteiger charge is -2.21. The van der Waals surface area contributed by atoms with Crippen LogP contribution >= 0.6 is 0 Å². The molecule has 0 aliphatic heterocycles. The molecular formula is C14H20O. The van der Waals surface area contributed by atoms with Gasteiger partial charge >= 0.3 is 0 Å². The Hall–Kier alpha value is -0.820. The van der Waals surface area contributed by atoms with Gasteiger partial charge in [0, 0.05) is 0 Å². The van der Waals surface area contributed by atoms with E-state index in [4.69, 9.17) is 4.74 Å². The second kappa shape index (κ2) is 4.36. The van der Waals surface area contributed by atoms with Gasteiger partial charge in [-0.1, -0.05) is 38.1 Å². The molecule has 0 amide bonds. The van der Waals surface area contributed by atoms with Crippen LogP contribution in [0.2, 0.25) is 0 Å². The van der Waals surface area contributed by atoms with Gasteiger partial charge < -0.3 is 4.74 Å². The van der Waals surface area contributed by atoms with Crippen molar-refractivity contribution in [3.63, 3.8) is 0 Å². The van der Waals surface area contributed by atoms with Gasteiger partial charge in [0.1, 0.15) is 0 Å². The molecule has 1 atom stereocenters. The van der Waals surface area contributed by atoms with Crippen LogP contribution in [-0.2, 0) is 17.6 Å². The second-order valence-corrected chi connectivity index (χ2v) is 4.88. The summed E-state index contributed by atoms with van der Waals surface area (Å²) in [5, 5.41) is 0. The Morgan fingerprint density at radius 2 is 1.60 bits per heavy atom. The van der Waals surface area contributed by atoms with Crippen molar-refractivity contribution in [3.05, 3.63) is 35.4 Å². The quantitative estimate of drug-likeness (QED) is 0.734. The lowest BCUT2D eigenvalue weighted by Crippen LogP contribution is -2.24. The first kappa shape index (κ1) is 10.7. The SMILES string of the molecule is CC(C)C(C)OC1Cc2ccccc2C1. The first-order valence-corrected chi connectivity index (χ1v) is 5.89. The molecule has 0 bridgehead atoms. The zero-order valence-corrected chi connectivity index (χ0v) is 9.86. The van der Waals surface area contributed by atoms with Crippen molar-refractivity contribution in [2.45, 2.75) is 45.8 Å². The summed E-state index contributed by atoms with van der Waals surface area (Å²) in [6.07, 6.45) is 2.95. The predicted molar refractivity (Wildman–Crippen MR) is 63.0 cm³/mol. The number of rotatable bonds is 3. The van der Waals surface area contributed by atoms with Crippen molar-refractivity contribution < 1.29 is 4.74 Å². The molecule has 1 nitrogen and oxygen atoms in total. The van der Waals surface area contributed by atoms with Crippen molar-refractivity contribution in [1.82, 2.24) is 0 Å². The van der Waals surface area contributed by atoms with Crippen LogP contribution in [0, 0.1) is 5.92 Å². The van der Waals surface area contributed by atoms with Crippen LogP contribution in [-0.4, -0.2) is 12.2 Å². The Bertz CT molecular complexity index is 305. The van der Waals surface area contributed by atoms with E-state index in [0.717, 1.165) is 12.8 Å². The second-order valence-electron chi connectivity index (χ2n) is 4.88. The van der Waals surface area contributed by atoms with E-state index in [1.54, 1.807) is 0 Å². The minimum atomic E-state index is 0.365. The molecule has 1 aromatic rings. The summed E-state index contributed by atoms with van der Waals surface area (Å²) in [5.41, 5.74) is 2.94. The van der Waals surface area contributed by atoms with Crippen LogP contribution in [0.3, 0.4) is 0 Å². The lowest BCUT2D eigenvalue weighted by atomic mass is 10.1. The molecular weight excluding hydrogens is 184 g/mol. The van der Waals surface area contributed by atoms with E-state index >= 15 is 0 Å². The van der Waals surface area contributed by atoms with Crippen LogP contribution in [0.5, 0.6) is 0 Å². The molecule has 15 heavy (non-hydrogen) atoms. The molecule has 1 aliphatic carbocycles. The van der Waals surface area contributed by atoms with Gasteiger partial charge in [-0.05, 0) is 36.8 Å². The van der Waals surface area contributed by atoms with E-state index in [-0.39, 0.29) is 0 Å². The fourth-order valence-electron chi connectivity index (χ4n) is 2.08. The summed E-state index contributed by atoms with van der Waals surface area (Å²) in [6, 6.07) is 8.68. The highest BCUT2D eigenvalue weighted by molar-refractivity contribution is 5.32. The van der Waals surface area contributed by atoms with Gasteiger partial charge in [-0.25, -0.2) is 0 Å². The van der Waals surface area contributed by atoms with Crippen LogP contribution < -0.4 is 0 Å². The fourth-order valence-corrected chi connectivity index (χ4v) is 2.08. The lowest BCUT2D eigenvalue weighted by molar-refractivity contribution is -0.0194. The number of hydrogen-bond acceptors (Lipinski definition) is 1. The Balaban J connectivity index is 1.96. The summed E-state index contributed by atoms with van der Waals surface area (Å²) in [5.74, 6) is 0.605. The molecule has 0 spiro atoms. The maximum atomic E-state index is 6.06. The third-order valence-electron chi connectivity index (χ3n) is 3.36. The topological polar surface area (TPSA) is 9.23 Å². The number of fused-ring (bicyclic) bond motifs is 1. The smallest absolute Gasteiger partial charge is 0.0659 e. The molecule has 1 unspecified atom stereocenters. The van der Waals surface area contributed by atoms with Crippen LogP contribution in [0.1, 0.15) is 31.9 Å². The van der Waals surface area contributed by atoms with E-state index in [0.29, 0.717) is 18.1 Å². The summed E-state index contributed by atoms with van der Waals surface area (Å²) in [6.45, 7) is 6.60. The number of ether oxygens (including phenoxy) is 1. The third-order valence-corrected chi connectivity index (χ3v) is 3.36. The van der Waals surface area contributed by atoms with Gasteiger partial charge in [-0.15, -0.1) is 0 Å². The number of hydrogen-bond donors (Lipinski definition) is 0. The highest BCUT2D eigenvalue weighted by Gasteiger charge is 2.23. The van der Waals surface area contributed by atoms with Crippen molar-refractivity contribution in [2.24, 2.45) is 5.92 Å². The van der Waals surface area contributed by atoms with Gasteiger partial charge in [-0.2, -0.15) is 0 Å². The third kappa shape index (κ3) is 2.40. The van der Waals surface area contributed by atoms with Crippen molar-refractivity contribution in [1.29, 1.82) is 0 Å². The maximum Gasteiger partial charge on any atom is 0.0659 e. The van der Waals surface area contributed by atoms with E-state index in [1.807, 2.05) is 0 Å². The monoisotopic (exact) mass is 204 g/mol. The first-order valence-electron chi connectivity index (χ1n) is 5.89. The van der Waals surface area contributed by atoms with E-state index in [9.17, 15) is 0 Å². The van der Waals surface area contributed by atoms with Crippen LogP contribution in [0.4, 0.5) is 0 Å². The van der Waals surface area contributed by atoms with E-state index < -0.39 is 0 Å². The van der Waals surface area contributed by atoms with Gasteiger partial charge in [0.05, 0.1) is 12.2 Å². The Morgan fingerprint density at radius 3 is 2.07 bits per heavy atom. The molecule has 2 rings (SSSR count). The minimum Gasteiger partial charge on any atom is -0.374 e. The molecule has 0 saturated heterocycles. The average molecular weight is 204 g/mol. The van der Waals surface area contributed by atoms with E-state index in [2.05, 4.69) is 45.0 Å². The normalized spacial score (nSPS) is 18.1.